The highest BCUT2D eigenvalue weighted by Crippen LogP contribution is 2.52. The summed E-state index contributed by atoms with van der Waals surface area (Å²) in [5, 5.41) is 17.8. The molecule has 0 N–H and O–H groups in total. The van der Waals surface area contributed by atoms with Crippen molar-refractivity contribution in [3.8, 4) is 0 Å². The Bertz CT molecular complexity index is 4930. The molecule has 16 rings (SSSR count). The van der Waals surface area contributed by atoms with Gasteiger partial charge in [-0.1, -0.05) is 252 Å². The SMILES string of the molecule is Cc1ccc(C(=Cc2ccc(N(c3ccc(C)cc3)c3ccc4c5ccc6c7cccc8c(N(c9ccc(C)cc9)c9ccc(C=C(c%10ccc(C)cc%10)c%10ccc(C)cc%10)cc9)ccc(c9ccc(c%10cccc3c%104)c5c69)c87)cc2)c2ccc(C)cc2)cc1. The molecule has 0 atom stereocenters. The zero-order valence-electron chi connectivity index (χ0n) is 51.6. The first-order valence-electron chi connectivity index (χ1n) is 31.4. The monoisotopic (exact) mass is 1150 g/mol. The largest absolute Gasteiger partial charge is 0.310 e. The van der Waals surface area contributed by atoms with Gasteiger partial charge in [-0.15, -0.1) is 0 Å². The Morgan fingerprint density at radius 1 is 0.211 bits per heavy atom. The van der Waals surface area contributed by atoms with Crippen molar-refractivity contribution in [2.45, 2.75) is 41.5 Å². The molecule has 16 aromatic carbocycles. The Labute approximate surface area is 526 Å². The first-order valence-corrected chi connectivity index (χ1v) is 31.4. The van der Waals surface area contributed by atoms with E-state index in [9.17, 15) is 0 Å². The Morgan fingerprint density at radius 2 is 0.433 bits per heavy atom. The Balaban J connectivity index is 0.819. The third kappa shape index (κ3) is 9.43. The highest BCUT2D eigenvalue weighted by atomic mass is 15.1. The van der Waals surface area contributed by atoms with Crippen LogP contribution in [0.5, 0.6) is 0 Å². The standard InChI is InChI=1S/C88H66N2/c1-55-13-29-63(30-14-55)81(64-31-15-56(2)16-32-64)53-61-25-41-69(42-26-61)89(67-37-21-59(5)22-38-67)83-51-49-73-77-47-46-76-72-10-8-12-80-84(52-50-74(86(72)80)78-48-45-75(87(77)88(76)78)71-9-7-11-79(83)85(71)73)90(68-39-23-60(6)24-40-68)70-43-27-62(28-44-70)54-82(65-33-17-57(3)18-34-65)66-35-19-58(4)20-36-66/h7-54H,1-6H3. The van der Waals surface area contributed by atoms with Crippen molar-refractivity contribution in [3.05, 3.63) is 346 Å². The fraction of sp³-hybridized carbons (Fsp3) is 0.0682. The van der Waals surface area contributed by atoms with Crippen LogP contribution >= 0.6 is 0 Å². The highest BCUT2D eigenvalue weighted by molar-refractivity contribution is 6.43. The van der Waals surface area contributed by atoms with Gasteiger partial charge >= 0.3 is 0 Å². The number of fused-ring (bicyclic) bond motifs is 4. The lowest BCUT2D eigenvalue weighted by molar-refractivity contribution is 1.29. The molecule has 0 spiro atoms. The fourth-order valence-corrected chi connectivity index (χ4v) is 14.1. The van der Waals surface area contributed by atoms with Gasteiger partial charge in [0, 0.05) is 33.5 Å². The first-order chi connectivity index (χ1) is 44.1. The molecule has 2 heteroatoms. The molecule has 0 saturated carbocycles. The molecule has 0 bridgehead atoms. The van der Waals surface area contributed by atoms with Crippen LogP contribution in [0.4, 0.5) is 34.1 Å². The lowest BCUT2D eigenvalue weighted by atomic mass is 9.83. The van der Waals surface area contributed by atoms with Gasteiger partial charge in [0.15, 0.2) is 0 Å². The normalized spacial score (nSPS) is 11.7. The second-order valence-corrected chi connectivity index (χ2v) is 24.9. The first kappa shape index (κ1) is 54.3. The molecule has 0 unspecified atom stereocenters. The highest BCUT2D eigenvalue weighted by Gasteiger charge is 2.25. The van der Waals surface area contributed by atoms with E-state index in [1.54, 1.807) is 0 Å². The predicted octanol–water partition coefficient (Wildman–Crippen LogP) is 24.6. The molecule has 0 aliphatic carbocycles. The molecular formula is C88H66N2. The number of benzene rings is 16. The van der Waals surface area contributed by atoms with E-state index >= 15 is 0 Å². The van der Waals surface area contributed by atoms with Crippen LogP contribution in [0.3, 0.4) is 0 Å². The van der Waals surface area contributed by atoms with Crippen LogP contribution in [-0.4, -0.2) is 0 Å². The second kappa shape index (κ2) is 22.0. The average Bonchev–Trinajstić information content (AvgIpc) is 0.693. The molecular weight excluding hydrogens is 1080 g/mol. The van der Waals surface area contributed by atoms with E-state index in [0.29, 0.717) is 0 Å². The van der Waals surface area contributed by atoms with Crippen molar-refractivity contribution < 1.29 is 0 Å². The van der Waals surface area contributed by atoms with Gasteiger partial charge in [-0.25, -0.2) is 0 Å². The minimum absolute atomic E-state index is 1.10. The third-order valence-corrected chi connectivity index (χ3v) is 18.8. The van der Waals surface area contributed by atoms with Crippen molar-refractivity contribution in [1.29, 1.82) is 0 Å². The lowest BCUT2D eigenvalue weighted by Gasteiger charge is -2.29. The predicted molar refractivity (Wildman–Crippen MR) is 389 cm³/mol. The fourth-order valence-electron chi connectivity index (χ4n) is 14.1. The summed E-state index contributed by atoms with van der Waals surface area (Å²) in [6.07, 6.45) is 4.66. The number of nitrogens with zero attached hydrogens (tertiary/aromatic N) is 2. The molecule has 0 radical (unpaired) electrons. The van der Waals surface area contributed by atoms with E-state index in [4.69, 9.17) is 0 Å². The van der Waals surface area contributed by atoms with Crippen molar-refractivity contribution >= 4 is 133 Å². The van der Waals surface area contributed by atoms with Crippen LogP contribution < -0.4 is 9.80 Å². The van der Waals surface area contributed by atoms with Crippen LogP contribution in [0.1, 0.15) is 66.8 Å². The molecule has 0 aliphatic rings. The van der Waals surface area contributed by atoms with Gasteiger partial charge < -0.3 is 9.80 Å². The quantitative estimate of drug-likeness (QED) is 0.0683. The van der Waals surface area contributed by atoms with Crippen molar-refractivity contribution in [1.82, 2.24) is 0 Å². The topological polar surface area (TPSA) is 6.48 Å². The zero-order valence-corrected chi connectivity index (χ0v) is 51.6. The summed E-state index contributed by atoms with van der Waals surface area (Å²) < 4.78 is 0. The van der Waals surface area contributed by atoms with Crippen LogP contribution in [0.2, 0.25) is 0 Å². The number of anilines is 6. The van der Waals surface area contributed by atoms with Crippen LogP contribution in [-0.2, 0) is 0 Å². The van der Waals surface area contributed by atoms with Gasteiger partial charge in [0.05, 0.1) is 11.4 Å². The molecule has 428 valence electrons. The minimum atomic E-state index is 1.10. The molecule has 0 fully saturated rings. The second-order valence-electron chi connectivity index (χ2n) is 24.9. The summed E-state index contributed by atoms with van der Waals surface area (Å²) in [4.78, 5) is 4.89. The smallest absolute Gasteiger partial charge is 0.0540 e. The zero-order chi connectivity index (χ0) is 60.7. The van der Waals surface area contributed by atoms with E-state index in [0.717, 1.165) is 45.3 Å². The van der Waals surface area contributed by atoms with E-state index in [-0.39, 0.29) is 0 Å². The summed E-state index contributed by atoms with van der Waals surface area (Å²) >= 11 is 0. The summed E-state index contributed by atoms with van der Waals surface area (Å²) in [6.45, 7) is 12.9. The third-order valence-electron chi connectivity index (χ3n) is 18.8. The van der Waals surface area contributed by atoms with Gasteiger partial charge in [0.1, 0.15) is 0 Å². The Morgan fingerprint density at radius 3 is 0.722 bits per heavy atom. The number of hydrogen-bond donors (Lipinski definition) is 0. The molecule has 0 aliphatic heterocycles. The van der Waals surface area contributed by atoms with Crippen molar-refractivity contribution in [2.24, 2.45) is 0 Å². The van der Waals surface area contributed by atoms with E-state index in [2.05, 4.69) is 343 Å². The number of rotatable bonds is 12. The Kier molecular flexibility index (Phi) is 13.3. The summed E-state index contributed by atoms with van der Waals surface area (Å²) in [6, 6.07) is 105. The average molecular weight is 1150 g/mol. The number of aryl methyl sites for hydroxylation is 6. The van der Waals surface area contributed by atoms with Crippen LogP contribution in [0, 0.1) is 41.5 Å². The number of hydrogen-bond acceptors (Lipinski definition) is 2. The summed E-state index contributed by atoms with van der Waals surface area (Å²) in [7, 11) is 0. The van der Waals surface area contributed by atoms with E-state index in [1.807, 2.05) is 0 Å². The molecule has 90 heavy (non-hydrogen) atoms. The molecule has 0 amide bonds. The maximum Gasteiger partial charge on any atom is 0.0540 e. The van der Waals surface area contributed by atoms with Crippen molar-refractivity contribution in [2.75, 3.05) is 9.80 Å². The summed E-state index contributed by atoms with van der Waals surface area (Å²) in [5.74, 6) is 0. The van der Waals surface area contributed by atoms with Crippen LogP contribution in [0.15, 0.2) is 279 Å². The van der Waals surface area contributed by atoms with Gasteiger partial charge in [-0.05, 0) is 224 Å². The summed E-state index contributed by atoms with van der Waals surface area (Å²) in [5.41, 5.74) is 23.7. The van der Waals surface area contributed by atoms with Gasteiger partial charge in [-0.2, -0.15) is 0 Å². The maximum atomic E-state index is 2.44. The molecule has 2 nitrogen and oxygen atoms in total. The van der Waals surface area contributed by atoms with Gasteiger partial charge in [-0.3, -0.25) is 0 Å². The lowest BCUT2D eigenvalue weighted by Crippen LogP contribution is -2.10. The van der Waals surface area contributed by atoms with E-state index < -0.39 is 0 Å². The van der Waals surface area contributed by atoms with Gasteiger partial charge in [0.2, 0.25) is 0 Å². The Hall–Kier alpha value is -11.1. The maximum absolute atomic E-state index is 2.44. The minimum Gasteiger partial charge on any atom is -0.310 e. The van der Waals surface area contributed by atoms with Crippen molar-refractivity contribution in [3.63, 3.8) is 0 Å². The van der Waals surface area contributed by atoms with Crippen LogP contribution in [0.25, 0.3) is 98.7 Å². The molecule has 16 aromatic rings. The molecule has 0 saturated heterocycles. The van der Waals surface area contributed by atoms with Gasteiger partial charge in [0.25, 0.3) is 0 Å². The molecule has 0 heterocycles. The van der Waals surface area contributed by atoms with E-state index in [1.165, 1.54) is 142 Å². The molecule has 0 aromatic heterocycles.